The van der Waals surface area contributed by atoms with Crippen LogP contribution < -0.4 is 14.9 Å². The summed E-state index contributed by atoms with van der Waals surface area (Å²) in [5.41, 5.74) is 4.84. The Hall–Kier alpha value is -2.82. The van der Waals surface area contributed by atoms with Gasteiger partial charge in [-0.1, -0.05) is 18.2 Å². The summed E-state index contributed by atoms with van der Waals surface area (Å²) in [7, 11) is 1.58. The fourth-order valence-corrected chi connectivity index (χ4v) is 2.09. The van der Waals surface area contributed by atoms with Gasteiger partial charge in [-0.3, -0.25) is 4.79 Å². The normalized spacial score (nSPS) is 10.6. The molecule has 0 radical (unpaired) electrons. The smallest absolute Gasteiger partial charge is 0.271 e. The highest BCUT2D eigenvalue weighted by molar-refractivity contribution is 5.96. The van der Waals surface area contributed by atoms with Crippen molar-refractivity contribution in [3.63, 3.8) is 0 Å². The Morgan fingerprint density at radius 3 is 2.70 bits per heavy atom. The van der Waals surface area contributed by atoms with Gasteiger partial charge in [-0.25, -0.2) is 5.43 Å². The molecule has 120 valence electrons. The molecule has 0 heterocycles. The zero-order valence-corrected chi connectivity index (χ0v) is 13.5. The quantitative estimate of drug-likeness (QED) is 0.658. The third kappa shape index (κ3) is 4.32. The largest absolute Gasteiger partial charge is 0.493 e. The van der Waals surface area contributed by atoms with Gasteiger partial charge in [0.25, 0.3) is 5.91 Å². The number of benzene rings is 2. The monoisotopic (exact) mass is 312 g/mol. The van der Waals surface area contributed by atoms with Crippen LogP contribution in [0.4, 0.5) is 0 Å². The van der Waals surface area contributed by atoms with Gasteiger partial charge >= 0.3 is 0 Å². The molecule has 0 aliphatic carbocycles. The van der Waals surface area contributed by atoms with Crippen molar-refractivity contribution in [2.75, 3.05) is 13.7 Å². The molecule has 1 N–H and O–H groups in total. The molecule has 0 spiro atoms. The summed E-state index contributed by atoms with van der Waals surface area (Å²) in [6.45, 7) is 4.36. The van der Waals surface area contributed by atoms with Crippen LogP contribution in [0.25, 0.3) is 0 Å². The fourth-order valence-electron chi connectivity index (χ4n) is 2.09. The summed E-state index contributed by atoms with van der Waals surface area (Å²) in [6.07, 6.45) is 1.56. The van der Waals surface area contributed by atoms with Crippen molar-refractivity contribution in [3.8, 4) is 11.5 Å². The van der Waals surface area contributed by atoms with Crippen LogP contribution in [0, 0.1) is 6.92 Å². The third-order valence-corrected chi connectivity index (χ3v) is 3.26. The minimum absolute atomic E-state index is 0.239. The summed E-state index contributed by atoms with van der Waals surface area (Å²) in [5.74, 6) is 1.06. The van der Waals surface area contributed by atoms with Crippen LogP contribution >= 0.6 is 0 Å². The zero-order valence-electron chi connectivity index (χ0n) is 13.5. The Morgan fingerprint density at radius 1 is 1.22 bits per heavy atom. The van der Waals surface area contributed by atoms with Crippen LogP contribution in [-0.4, -0.2) is 25.8 Å². The standard InChI is InChI=1S/C18H20N2O3/c1-4-23-16-10-9-14(11-17(16)22-3)12-19-20-18(21)15-8-6-5-7-13(15)2/h5-12H,4H2,1-3H3,(H,20,21). The van der Waals surface area contributed by atoms with Gasteiger partial charge in [0.1, 0.15) is 0 Å². The molecule has 0 saturated carbocycles. The van der Waals surface area contributed by atoms with Gasteiger partial charge in [-0.05, 0) is 49.2 Å². The van der Waals surface area contributed by atoms with Crippen molar-refractivity contribution in [2.24, 2.45) is 5.10 Å². The van der Waals surface area contributed by atoms with Gasteiger partial charge < -0.3 is 9.47 Å². The molecule has 0 saturated heterocycles. The maximum Gasteiger partial charge on any atom is 0.271 e. The number of ether oxygens (including phenoxy) is 2. The molecule has 5 nitrogen and oxygen atoms in total. The number of carbonyl (C=O) groups is 1. The molecule has 0 bridgehead atoms. The van der Waals surface area contributed by atoms with Crippen LogP contribution in [0.15, 0.2) is 47.6 Å². The number of amides is 1. The lowest BCUT2D eigenvalue weighted by Gasteiger charge is -2.09. The average molecular weight is 312 g/mol. The van der Waals surface area contributed by atoms with E-state index in [0.717, 1.165) is 11.1 Å². The highest BCUT2D eigenvalue weighted by atomic mass is 16.5. The second-order valence-electron chi connectivity index (χ2n) is 4.86. The number of rotatable bonds is 6. The molecule has 0 unspecified atom stereocenters. The van der Waals surface area contributed by atoms with Crippen LogP contribution in [0.1, 0.15) is 28.4 Å². The molecule has 0 fully saturated rings. The Labute approximate surface area is 135 Å². The number of hydrazone groups is 1. The van der Waals surface area contributed by atoms with Crippen molar-refractivity contribution >= 4 is 12.1 Å². The number of aryl methyl sites for hydroxylation is 1. The van der Waals surface area contributed by atoms with Gasteiger partial charge in [-0.2, -0.15) is 5.10 Å². The van der Waals surface area contributed by atoms with E-state index in [9.17, 15) is 4.79 Å². The van der Waals surface area contributed by atoms with Crippen LogP contribution in [0.2, 0.25) is 0 Å². The molecule has 0 aromatic heterocycles. The SMILES string of the molecule is CCOc1ccc(C=NNC(=O)c2ccccc2C)cc1OC. The highest BCUT2D eigenvalue weighted by Crippen LogP contribution is 2.27. The topological polar surface area (TPSA) is 59.9 Å². The third-order valence-electron chi connectivity index (χ3n) is 3.26. The Bertz CT molecular complexity index is 711. The number of carbonyl (C=O) groups excluding carboxylic acids is 1. The van der Waals surface area contributed by atoms with Crippen molar-refractivity contribution in [2.45, 2.75) is 13.8 Å². The van der Waals surface area contributed by atoms with Gasteiger partial charge in [0.15, 0.2) is 11.5 Å². The average Bonchev–Trinajstić information content (AvgIpc) is 2.56. The molecule has 0 aliphatic heterocycles. The van der Waals surface area contributed by atoms with Gasteiger partial charge in [0.05, 0.1) is 19.9 Å². The van der Waals surface area contributed by atoms with Crippen molar-refractivity contribution < 1.29 is 14.3 Å². The Morgan fingerprint density at radius 2 is 2.00 bits per heavy atom. The molecule has 23 heavy (non-hydrogen) atoms. The van der Waals surface area contributed by atoms with E-state index in [0.29, 0.717) is 23.7 Å². The first kappa shape index (κ1) is 16.5. The number of nitrogens with zero attached hydrogens (tertiary/aromatic N) is 1. The van der Waals surface area contributed by atoms with Crippen LogP contribution in [-0.2, 0) is 0 Å². The lowest BCUT2D eigenvalue weighted by Crippen LogP contribution is -2.18. The molecule has 0 atom stereocenters. The summed E-state index contributed by atoms with van der Waals surface area (Å²) in [5, 5.41) is 3.99. The molecule has 2 rings (SSSR count). The van der Waals surface area contributed by atoms with Crippen molar-refractivity contribution in [1.82, 2.24) is 5.43 Å². The van der Waals surface area contributed by atoms with Crippen molar-refractivity contribution in [1.29, 1.82) is 0 Å². The Kier molecular flexibility index (Phi) is 5.74. The molecule has 2 aromatic rings. The minimum atomic E-state index is -0.239. The molecule has 2 aromatic carbocycles. The van der Waals surface area contributed by atoms with E-state index in [2.05, 4.69) is 10.5 Å². The lowest BCUT2D eigenvalue weighted by atomic mass is 10.1. The van der Waals surface area contributed by atoms with E-state index in [1.54, 1.807) is 25.5 Å². The number of hydrogen-bond acceptors (Lipinski definition) is 4. The fraction of sp³-hybridized carbons (Fsp3) is 0.222. The first-order valence-corrected chi connectivity index (χ1v) is 7.35. The number of nitrogens with one attached hydrogen (secondary N) is 1. The molecular weight excluding hydrogens is 292 g/mol. The predicted molar refractivity (Wildman–Crippen MR) is 90.4 cm³/mol. The predicted octanol–water partition coefficient (Wildman–Crippen LogP) is 3.17. The van der Waals surface area contributed by atoms with Gasteiger partial charge in [-0.15, -0.1) is 0 Å². The number of methoxy groups -OCH3 is 1. The molecule has 5 heteroatoms. The molecule has 1 amide bonds. The maximum atomic E-state index is 12.0. The van der Waals surface area contributed by atoms with E-state index in [1.165, 1.54) is 0 Å². The molecule has 0 aliphatic rings. The van der Waals surface area contributed by atoms with E-state index in [1.807, 2.05) is 44.2 Å². The van der Waals surface area contributed by atoms with Crippen LogP contribution in [0.5, 0.6) is 11.5 Å². The van der Waals surface area contributed by atoms with E-state index in [4.69, 9.17) is 9.47 Å². The number of hydrogen-bond donors (Lipinski definition) is 1. The second kappa shape index (κ2) is 7.98. The Balaban J connectivity index is 2.06. The lowest BCUT2D eigenvalue weighted by molar-refractivity contribution is 0.0954. The zero-order chi connectivity index (χ0) is 16.7. The first-order chi connectivity index (χ1) is 11.2. The first-order valence-electron chi connectivity index (χ1n) is 7.35. The van der Waals surface area contributed by atoms with E-state index >= 15 is 0 Å². The summed E-state index contributed by atoms with van der Waals surface area (Å²) < 4.78 is 10.7. The van der Waals surface area contributed by atoms with Gasteiger partial charge in [0.2, 0.25) is 0 Å². The maximum absolute atomic E-state index is 12.0. The van der Waals surface area contributed by atoms with E-state index < -0.39 is 0 Å². The summed E-state index contributed by atoms with van der Waals surface area (Å²) in [6, 6.07) is 12.8. The van der Waals surface area contributed by atoms with Gasteiger partial charge in [0, 0.05) is 5.56 Å². The summed E-state index contributed by atoms with van der Waals surface area (Å²) >= 11 is 0. The summed E-state index contributed by atoms with van der Waals surface area (Å²) in [4.78, 5) is 12.0. The minimum Gasteiger partial charge on any atom is -0.493 e. The van der Waals surface area contributed by atoms with Crippen molar-refractivity contribution in [3.05, 3.63) is 59.2 Å². The van der Waals surface area contributed by atoms with E-state index in [-0.39, 0.29) is 5.91 Å². The van der Waals surface area contributed by atoms with Crippen LogP contribution in [0.3, 0.4) is 0 Å². The second-order valence-corrected chi connectivity index (χ2v) is 4.86. The highest BCUT2D eigenvalue weighted by Gasteiger charge is 2.07. The molecular formula is C18H20N2O3.